The van der Waals surface area contributed by atoms with E-state index in [9.17, 15) is 10.2 Å². The van der Waals surface area contributed by atoms with Gasteiger partial charge in [0.1, 0.15) is 11.3 Å². The summed E-state index contributed by atoms with van der Waals surface area (Å²) in [6.45, 7) is 7.49. The topological polar surface area (TPSA) is 136 Å². The Bertz CT molecular complexity index is 826. The van der Waals surface area contributed by atoms with Gasteiger partial charge in [-0.1, -0.05) is 0 Å². The standard InChI is InChI=1S/C15H21N5O2/c1-13(2)5-7(16)12(21)19-8(5)10-9(20-13)6-11(18-10)15(4,22)14(6,3)17/h18-22H,16-17H2,1-4H3. The highest BCUT2D eigenvalue weighted by atomic mass is 16.3. The first kappa shape index (κ1) is 13.5. The van der Waals surface area contributed by atoms with Gasteiger partial charge in [0.2, 0.25) is 5.88 Å². The highest BCUT2D eigenvalue weighted by Gasteiger charge is 2.59. The van der Waals surface area contributed by atoms with Gasteiger partial charge in [0.05, 0.1) is 33.8 Å². The third-order valence-corrected chi connectivity index (χ3v) is 5.35. The van der Waals surface area contributed by atoms with Gasteiger partial charge in [-0.25, -0.2) is 0 Å². The first-order chi connectivity index (χ1) is 10.00. The molecule has 4 rings (SSSR count). The Kier molecular flexibility index (Phi) is 2.02. The first-order valence-corrected chi connectivity index (χ1v) is 7.27. The number of aliphatic hydroxyl groups is 1. The summed E-state index contributed by atoms with van der Waals surface area (Å²) in [6.07, 6.45) is 0. The van der Waals surface area contributed by atoms with Crippen molar-refractivity contribution >= 4 is 11.4 Å². The molecular formula is C15H21N5O2. The molecule has 1 aliphatic heterocycles. The summed E-state index contributed by atoms with van der Waals surface area (Å²) < 4.78 is 0. The van der Waals surface area contributed by atoms with Crippen molar-refractivity contribution in [1.82, 2.24) is 9.97 Å². The molecule has 7 heteroatoms. The lowest BCUT2D eigenvalue weighted by Gasteiger charge is -2.50. The van der Waals surface area contributed by atoms with E-state index in [-0.39, 0.29) is 5.88 Å². The Morgan fingerprint density at radius 2 is 1.64 bits per heavy atom. The number of hydrogen-bond acceptors (Lipinski definition) is 5. The van der Waals surface area contributed by atoms with E-state index in [1.54, 1.807) is 6.92 Å². The van der Waals surface area contributed by atoms with Gasteiger partial charge >= 0.3 is 0 Å². The van der Waals surface area contributed by atoms with E-state index in [0.717, 1.165) is 28.2 Å². The van der Waals surface area contributed by atoms with E-state index in [0.29, 0.717) is 11.4 Å². The molecule has 7 nitrogen and oxygen atoms in total. The zero-order valence-corrected chi connectivity index (χ0v) is 13.0. The molecule has 118 valence electrons. The van der Waals surface area contributed by atoms with Gasteiger partial charge in [-0.3, -0.25) is 0 Å². The number of anilines is 2. The molecule has 0 aromatic carbocycles. The molecule has 2 unspecified atom stereocenters. The monoisotopic (exact) mass is 303 g/mol. The highest BCUT2D eigenvalue weighted by Crippen LogP contribution is 2.59. The summed E-state index contributed by atoms with van der Waals surface area (Å²) in [6, 6.07) is 0. The number of aromatic amines is 2. The van der Waals surface area contributed by atoms with E-state index in [2.05, 4.69) is 15.3 Å². The van der Waals surface area contributed by atoms with Gasteiger partial charge in [-0.15, -0.1) is 0 Å². The second kappa shape index (κ2) is 3.28. The van der Waals surface area contributed by atoms with Gasteiger partial charge in [0.15, 0.2) is 0 Å². The lowest BCUT2D eigenvalue weighted by atomic mass is 9.63. The van der Waals surface area contributed by atoms with Crippen LogP contribution >= 0.6 is 0 Å². The molecule has 3 heterocycles. The van der Waals surface area contributed by atoms with Crippen LogP contribution in [0.2, 0.25) is 0 Å². The zero-order chi connectivity index (χ0) is 16.2. The van der Waals surface area contributed by atoms with Crippen LogP contribution < -0.4 is 16.8 Å². The van der Waals surface area contributed by atoms with Crippen molar-refractivity contribution in [2.24, 2.45) is 5.73 Å². The van der Waals surface area contributed by atoms with E-state index in [4.69, 9.17) is 11.5 Å². The van der Waals surface area contributed by atoms with Crippen molar-refractivity contribution < 1.29 is 10.2 Å². The molecule has 2 aromatic heterocycles. The highest BCUT2D eigenvalue weighted by molar-refractivity contribution is 5.90. The van der Waals surface area contributed by atoms with Crippen LogP contribution in [0.3, 0.4) is 0 Å². The molecule has 1 aliphatic carbocycles. The molecule has 0 saturated heterocycles. The van der Waals surface area contributed by atoms with Gasteiger partial charge < -0.3 is 37.0 Å². The quantitative estimate of drug-likeness (QED) is 0.394. The largest absolute Gasteiger partial charge is 0.493 e. The van der Waals surface area contributed by atoms with Crippen molar-refractivity contribution in [1.29, 1.82) is 0 Å². The number of H-pyrrole nitrogens is 2. The van der Waals surface area contributed by atoms with Crippen molar-refractivity contribution in [3.8, 4) is 17.3 Å². The normalized spacial score (nSPS) is 30.8. The van der Waals surface area contributed by atoms with Crippen LogP contribution in [0, 0.1) is 0 Å². The molecule has 22 heavy (non-hydrogen) atoms. The first-order valence-electron chi connectivity index (χ1n) is 7.27. The fourth-order valence-electron chi connectivity index (χ4n) is 3.85. The number of fused-ring (bicyclic) bond motifs is 5. The SMILES string of the molecule is CC1(C)Nc2c([nH]c3c2C(C)(N)C3(C)O)-c2[nH]c(O)c(N)c21. The second-order valence-electron chi connectivity index (χ2n) is 7.29. The smallest absolute Gasteiger partial charge is 0.213 e. The third-order valence-electron chi connectivity index (χ3n) is 5.35. The van der Waals surface area contributed by atoms with Crippen molar-refractivity contribution in [3.63, 3.8) is 0 Å². The molecule has 0 bridgehead atoms. The van der Waals surface area contributed by atoms with Gasteiger partial charge in [-0.05, 0) is 27.7 Å². The maximum Gasteiger partial charge on any atom is 0.213 e. The predicted molar refractivity (Wildman–Crippen MR) is 84.4 cm³/mol. The van der Waals surface area contributed by atoms with Crippen LogP contribution in [0.15, 0.2) is 0 Å². The maximum absolute atomic E-state index is 10.6. The van der Waals surface area contributed by atoms with Crippen molar-refractivity contribution in [2.45, 2.75) is 44.4 Å². The van der Waals surface area contributed by atoms with Crippen LogP contribution in [-0.4, -0.2) is 20.2 Å². The molecule has 0 saturated carbocycles. The van der Waals surface area contributed by atoms with Crippen molar-refractivity contribution in [3.05, 3.63) is 16.8 Å². The number of nitrogen functional groups attached to an aromatic ring is 1. The average molecular weight is 303 g/mol. The summed E-state index contributed by atoms with van der Waals surface area (Å²) in [7, 11) is 0. The summed E-state index contributed by atoms with van der Waals surface area (Å²) in [5.41, 5.74) is 14.9. The number of aromatic nitrogens is 2. The Morgan fingerprint density at radius 3 is 2.27 bits per heavy atom. The van der Waals surface area contributed by atoms with Crippen LogP contribution in [0.1, 0.15) is 44.5 Å². The number of nitrogens with two attached hydrogens (primary N) is 2. The third kappa shape index (κ3) is 1.17. The van der Waals surface area contributed by atoms with Crippen LogP contribution in [0.25, 0.3) is 11.4 Å². The van der Waals surface area contributed by atoms with E-state index < -0.39 is 16.7 Å². The van der Waals surface area contributed by atoms with Crippen LogP contribution in [0.4, 0.5) is 11.4 Å². The molecule has 0 amide bonds. The number of aromatic hydroxyl groups is 1. The van der Waals surface area contributed by atoms with Crippen LogP contribution in [-0.2, 0) is 16.7 Å². The lowest BCUT2D eigenvalue weighted by Crippen LogP contribution is -2.60. The molecule has 2 atom stereocenters. The minimum Gasteiger partial charge on any atom is -0.493 e. The predicted octanol–water partition coefficient (Wildman–Crippen LogP) is 1.35. The Labute approximate surface area is 127 Å². The zero-order valence-electron chi connectivity index (χ0n) is 13.0. The minimum absolute atomic E-state index is 0.0491. The van der Waals surface area contributed by atoms with E-state index in [1.165, 1.54) is 0 Å². The number of hydrogen-bond donors (Lipinski definition) is 7. The molecule has 2 aliphatic rings. The molecule has 0 fully saturated rings. The van der Waals surface area contributed by atoms with Crippen LogP contribution in [0.5, 0.6) is 5.88 Å². The van der Waals surface area contributed by atoms with E-state index in [1.807, 2.05) is 20.8 Å². The fraction of sp³-hybridized carbons (Fsp3) is 0.467. The minimum atomic E-state index is -1.13. The van der Waals surface area contributed by atoms with Gasteiger partial charge in [0.25, 0.3) is 0 Å². The summed E-state index contributed by atoms with van der Waals surface area (Å²) in [4.78, 5) is 6.18. The molecule has 2 aromatic rings. The molecule has 0 radical (unpaired) electrons. The maximum atomic E-state index is 10.6. The Balaban J connectivity index is 2.06. The molecule has 9 N–H and O–H groups in total. The average Bonchev–Trinajstić information content (AvgIpc) is 2.88. The Hall–Kier alpha value is -2.12. The number of nitrogens with one attached hydrogen (secondary N) is 3. The summed E-state index contributed by atoms with van der Waals surface area (Å²) in [5, 5.41) is 24.0. The summed E-state index contributed by atoms with van der Waals surface area (Å²) in [5.74, 6) is -0.0491. The van der Waals surface area contributed by atoms with Gasteiger partial charge in [0, 0.05) is 11.1 Å². The molecular weight excluding hydrogens is 282 g/mol. The second-order valence-corrected chi connectivity index (χ2v) is 7.29. The van der Waals surface area contributed by atoms with E-state index >= 15 is 0 Å². The molecule has 0 spiro atoms. The summed E-state index contributed by atoms with van der Waals surface area (Å²) >= 11 is 0. The fourth-order valence-corrected chi connectivity index (χ4v) is 3.85. The van der Waals surface area contributed by atoms with Gasteiger partial charge in [-0.2, -0.15) is 0 Å². The van der Waals surface area contributed by atoms with Crippen molar-refractivity contribution in [2.75, 3.05) is 11.1 Å². The Morgan fingerprint density at radius 1 is 1.00 bits per heavy atom. The lowest BCUT2D eigenvalue weighted by molar-refractivity contribution is -0.0547. The number of rotatable bonds is 0.